The van der Waals surface area contributed by atoms with E-state index in [1.165, 1.54) is 103 Å². The summed E-state index contributed by atoms with van der Waals surface area (Å²) in [6, 6.07) is 8.74. The van der Waals surface area contributed by atoms with Gasteiger partial charge in [0.05, 0.1) is 31.7 Å². The summed E-state index contributed by atoms with van der Waals surface area (Å²) in [5.74, 6) is -0.370. The second-order valence-corrected chi connectivity index (χ2v) is 17.9. The summed E-state index contributed by atoms with van der Waals surface area (Å²) in [5.41, 5.74) is 6.28. The number of aromatic nitrogens is 2. The van der Waals surface area contributed by atoms with Crippen LogP contribution in [-0.2, 0) is 37.1 Å². The van der Waals surface area contributed by atoms with Crippen LogP contribution >= 0.6 is 7.82 Å². The zero-order valence-corrected chi connectivity index (χ0v) is 36.9. The predicted molar refractivity (Wildman–Crippen MR) is 227 cm³/mol. The Balaban J connectivity index is 1.23. The molecule has 2 fully saturated rings. The Morgan fingerprint density at radius 1 is 0.949 bits per heavy atom. The molecule has 15 nitrogen and oxygen atoms in total. The standard InChI is InChI=1S/C43H69N6O9P/c1-6-7-8-9-10-11-12-13-14-15-16-17-18-19-20-21-26-52-29-35(55-34-23-22-33(27-44)47-28-34)30-53-59(50,51-5)54-31-43(4)40-39(56-42(2,3)58-40)38(57-43)36-24-25-37(49-36)41(46)48-32-45/h22-25,28,32,35,38-40,49H,6-21,26,29-31H2,1-5H3,(H3,45,46,48)/t35-,38-,39-,40-,43+,59?/m0/s1. The molecule has 0 saturated carbocycles. The summed E-state index contributed by atoms with van der Waals surface area (Å²) in [6.45, 7) is 7.98. The minimum absolute atomic E-state index is 0.150. The monoisotopic (exact) mass is 844 g/mol. The fourth-order valence-corrected chi connectivity index (χ4v) is 8.49. The van der Waals surface area contributed by atoms with E-state index in [9.17, 15) is 9.83 Å². The third-order valence-corrected chi connectivity index (χ3v) is 12.0. The summed E-state index contributed by atoms with van der Waals surface area (Å²) < 4.78 is 62.1. The highest BCUT2D eigenvalue weighted by Crippen LogP contribution is 2.54. The molecule has 2 aliphatic rings. The van der Waals surface area contributed by atoms with Crippen molar-refractivity contribution in [1.82, 2.24) is 9.97 Å². The van der Waals surface area contributed by atoms with E-state index in [1.54, 1.807) is 31.2 Å². The number of ether oxygens (including phenoxy) is 5. The SMILES string of the molecule is CCCCCCCCCCCCCCCCCCOC[C@@H](COP(=O)(OC)OC[C@@]1(C)O[C@@H](c2ccc(C(N)=NC=N)[nH]2)[C@@H]2OC(C)(C)O[C@@H]21)Oc1ccc(C#N)nc1. The van der Waals surface area contributed by atoms with E-state index in [4.69, 9.17) is 48.4 Å². The van der Waals surface area contributed by atoms with Gasteiger partial charge in [-0.1, -0.05) is 103 Å². The summed E-state index contributed by atoms with van der Waals surface area (Å²) in [5, 5.41) is 16.4. The average molecular weight is 845 g/mol. The van der Waals surface area contributed by atoms with Crippen molar-refractivity contribution < 1.29 is 41.8 Å². The van der Waals surface area contributed by atoms with Crippen molar-refractivity contribution in [2.75, 3.05) is 33.5 Å². The van der Waals surface area contributed by atoms with Crippen molar-refractivity contribution in [1.29, 1.82) is 10.7 Å². The number of amidine groups is 1. The molecule has 0 aromatic carbocycles. The summed E-state index contributed by atoms with van der Waals surface area (Å²) in [4.78, 5) is 11.1. The zero-order chi connectivity index (χ0) is 42.6. The van der Waals surface area contributed by atoms with E-state index in [0.717, 1.165) is 19.2 Å². The van der Waals surface area contributed by atoms with E-state index in [0.29, 0.717) is 23.7 Å². The van der Waals surface area contributed by atoms with E-state index >= 15 is 0 Å². The molecule has 2 saturated heterocycles. The molecule has 4 heterocycles. The molecular weight excluding hydrogens is 775 g/mol. The van der Waals surface area contributed by atoms with Crippen molar-refractivity contribution in [3.05, 3.63) is 47.5 Å². The fourth-order valence-electron chi connectivity index (χ4n) is 7.45. The number of H-pyrrole nitrogens is 1. The van der Waals surface area contributed by atoms with Gasteiger partial charge in [-0.3, -0.25) is 19.0 Å². The fraction of sp³-hybridized carbons (Fsp3) is 0.721. The second-order valence-electron chi connectivity index (χ2n) is 16.2. The smallest absolute Gasteiger partial charge is 0.474 e. The Morgan fingerprint density at radius 2 is 1.59 bits per heavy atom. The third-order valence-electron chi connectivity index (χ3n) is 10.7. The van der Waals surface area contributed by atoms with Crippen molar-refractivity contribution in [3.8, 4) is 11.8 Å². The maximum Gasteiger partial charge on any atom is 0.474 e. The first kappa shape index (κ1) is 48.5. The number of pyridine rings is 1. The number of phosphoric ester groups is 1. The first-order valence-electron chi connectivity index (χ1n) is 21.5. The number of nitrogens with two attached hydrogens (primary N) is 1. The van der Waals surface area contributed by atoms with Gasteiger partial charge in [0, 0.05) is 19.4 Å². The molecule has 330 valence electrons. The Kier molecular flexibility index (Phi) is 20.5. The molecule has 0 aliphatic carbocycles. The molecule has 0 bridgehead atoms. The summed E-state index contributed by atoms with van der Waals surface area (Å²) in [7, 11) is -2.91. The minimum atomic E-state index is -4.15. The molecule has 4 N–H and O–H groups in total. The number of rotatable bonds is 31. The highest BCUT2D eigenvalue weighted by atomic mass is 31.2. The Bertz CT molecular complexity index is 1650. The van der Waals surface area contributed by atoms with Crippen LogP contribution in [0.2, 0.25) is 0 Å². The van der Waals surface area contributed by atoms with Crippen LogP contribution in [0, 0.1) is 16.7 Å². The normalized spacial score (nSPS) is 22.8. The van der Waals surface area contributed by atoms with Gasteiger partial charge in [0.1, 0.15) is 59.7 Å². The molecule has 2 aliphatic heterocycles. The quantitative estimate of drug-likeness (QED) is 0.0281. The van der Waals surface area contributed by atoms with Crippen LogP contribution in [0.15, 0.2) is 35.5 Å². The maximum absolute atomic E-state index is 13.9. The lowest BCUT2D eigenvalue weighted by Gasteiger charge is -2.32. The molecule has 1 unspecified atom stereocenters. The van der Waals surface area contributed by atoms with Gasteiger partial charge < -0.3 is 34.4 Å². The minimum Gasteiger partial charge on any atom is -0.484 e. The van der Waals surface area contributed by atoms with Crippen molar-refractivity contribution in [2.24, 2.45) is 10.7 Å². The molecular formula is C43H69N6O9P. The predicted octanol–water partition coefficient (Wildman–Crippen LogP) is 9.46. The maximum atomic E-state index is 13.9. The molecule has 59 heavy (non-hydrogen) atoms. The number of fused-ring (bicyclic) bond motifs is 1. The lowest BCUT2D eigenvalue weighted by molar-refractivity contribution is -0.212. The van der Waals surface area contributed by atoms with Crippen molar-refractivity contribution in [2.45, 2.75) is 166 Å². The summed E-state index contributed by atoms with van der Waals surface area (Å²) >= 11 is 0. The Labute approximate surface area is 351 Å². The lowest BCUT2D eigenvalue weighted by Crippen LogP contribution is -2.44. The lowest BCUT2D eigenvalue weighted by atomic mass is 9.97. The van der Waals surface area contributed by atoms with Crippen LogP contribution in [0.3, 0.4) is 0 Å². The van der Waals surface area contributed by atoms with Crippen LogP contribution in [0.1, 0.15) is 154 Å². The van der Waals surface area contributed by atoms with Gasteiger partial charge in [0.2, 0.25) is 0 Å². The van der Waals surface area contributed by atoms with Crippen LogP contribution < -0.4 is 10.5 Å². The zero-order valence-electron chi connectivity index (χ0n) is 36.0. The number of nitrogens with one attached hydrogen (secondary N) is 2. The molecule has 0 radical (unpaired) electrons. The second kappa shape index (κ2) is 24.9. The number of phosphoric acid groups is 1. The molecule has 4 rings (SSSR count). The largest absolute Gasteiger partial charge is 0.484 e. The number of aromatic amines is 1. The molecule has 2 aromatic heterocycles. The van der Waals surface area contributed by atoms with Gasteiger partial charge in [-0.2, -0.15) is 5.26 Å². The van der Waals surface area contributed by atoms with Crippen LogP contribution in [0.25, 0.3) is 0 Å². The number of nitriles is 1. The van der Waals surface area contributed by atoms with E-state index < -0.39 is 43.6 Å². The topological polar surface area (TPSA) is 206 Å². The van der Waals surface area contributed by atoms with Crippen molar-refractivity contribution >= 4 is 20.0 Å². The average Bonchev–Trinajstić information content (AvgIpc) is 3.92. The van der Waals surface area contributed by atoms with Crippen LogP contribution in [0.5, 0.6) is 5.75 Å². The number of aliphatic imine (C=N–C) groups is 1. The Hall–Kier alpha value is -3.19. The number of hydrogen-bond acceptors (Lipinski definition) is 12. The first-order chi connectivity index (χ1) is 28.4. The van der Waals surface area contributed by atoms with E-state index in [1.807, 2.05) is 19.9 Å². The molecule has 0 spiro atoms. The highest BCUT2D eigenvalue weighted by Gasteiger charge is 2.62. The van der Waals surface area contributed by atoms with Gasteiger partial charge in [-0.05, 0) is 51.5 Å². The van der Waals surface area contributed by atoms with Gasteiger partial charge in [-0.15, -0.1) is 0 Å². The number of unbranched alkanes of at least 4 members (excludes halogenated alkanes) is 15. The molecule has 2 aromatic rings. The number of hydrogen-bond donors (Lipinski definition) is 3. The van der Waals surface area contributed by atoms with Crippen LogP contribution in [-0.4, -0.2) is 85.4 Å². The Morgan fingerprint density at radius 3 is 2.17 bits per heavy atom. The molecule has 16 heteroatoms. The first-order valence-corrected chi connectivity index (χ1v) is 23.0. The van der Waals surface area contributed by atoms with Gasteiger partial charge in [0.25, 0.3) is 0 Å². The highest BCUT2D eigenvalue weighted by molar-refractivity contribution is 7.48. The number of nitrogens with zero attached hydrogens (tertiary/aromatic N) is 3. The van der Waals surface area contributed by atoms with Crippen molar-refractivity contribution in [3.63, 3.8) is 0 Å². The molecule has 6 atom stereocenters. The van der Waals surface area contributed by atoms with Gasteiger partial charge in [0.15, 0.2) is 5.79 Å². The van der Waals surface area contributed by atoms with E-state index in [-0.39, 0.29) is 31.4 Å². The van der Waals surface area contributed by atoms with Gasteiger partial charge in [-0.25, -0.2) is 14.5 Å². The van der Waals surface area contributed by atoms with E-state index in [2.05, 4.69) is 21.9 Å². The van der Waals surface area contributed by atoms with Gasteiger partial charge >= 0.3 is 7.82 Å². The van der Waals surface area contributed by atoms with Crippen LogP contribution in [0.4, 0.5) is 0 Å². The molecule has 0 amide bonds. The third kappa shape index (κ3) is 16.0. The summed E-state index contributed by atoms with van der Waals surface area (Å²) in [6.07, 6.45) is 20.6.